The minimum absolute atomic E-state index is 0.178. The van der Waals surface area contributed by atoms with Gasteiger partial charge in [0.15, 0.2) is 0 Å². The Morgan fingerprint density at radius 3 is 2.21 bits per heavy atom. The topological polar surface area (TPSA) is 69.7 Å². The second kappa shape index (κ2) is 8.09. The van der Waals surface area contributed by atoms with Crippen molar-refractivity contribution in [1.29, 1.82) is 0 Å². The van der Waals surface area contributed by atoms with E-state index in [9.17, 15) is 13.2 Å². The van der Waals surface area contributed by atoms with Gasteiger partial charge in [0.2, 0.25) is 15.9 Å². The molecule has 6 nitrogen and oxygen atoms in total. The molecule has 1 aromatic carbocycles. The normalized spacial score (nSPS) is 17.2. The van der Waals surface area contributed by atoms with Crippen LogP contribution < -0.4 is 5.32 Å². The van der Waals surface area contributed by atoms with E-state index in [1.54, 1.807) is 28.6 Å². The molecule has 1 aliphatic rings. The zero-order valence-corrected chi connectivity index (χ0v) is 15.5. The molecular formula is C17H27N3O3S. The van der Waals surface area contributed by atoms with E-state index in [0.29, 0.717) is 24.7 Å². The summed E-state index contributed by atoms with van der Waals surface area (Å²) in [4.78, 5) is 13.6. The number of sulfonamides is 1. The van der Waals surface area contributed by atoms with E-state index in [4.69, 9.17) is 0 Å². The van der Waals surface area contributed by atoms with Crippen LogP contribution in [-0.4, -0.2) is 56.3 Å². The summed E-state index contributed by atoms with van der Waals surface area (Å²) < 4.78 is 27.0. The Balaban J connectivity index is 1.97. The van der Waals surface area contributed by atoms with Crippen molar-refractivity contribution in [2.75, 3.05) is 38.0 Å². The van der Waals surface area contributed by atoms with Gasteiger partial charge in [-0.15, -0.1) is 0 Å². The molecule has 0 aromatic heterocycles. The van der Waals surface area contributed by atoms with E-state index in [2.05, 4.69) is 24.1 Å². The van der Waals surface area contributed by atoms with Crippen molar-refractivity contribution in [1.82, 2.24) is 9.21 Å². The highest BCUT2D eigenvalue weighted by Crippen LogP contribution is 2.20. The number of carbonyl (C=O) groups is 1. The van der Waals surface area contributed by atoms with Gasteiger partial charge in [-0.05, 0) is 43.1 Å². The molecule has 0 spiro atoms. The first-order valence-electron chi connectivity index (χ1n) is 8.39. The zero-order valence-electron chi connectivity index (χ0n) is 14.7. The molecular weight excluding hydrogens is 326 g/mol. The average Bonchev–Trinajstić information content (AvgIpc) is 2.53. The van der Waals surface area contributed by atoms with Crippen LogP contribution in [0.3, 0.4) is 0 Å². The maximum Gasteiger partial charge on any atom is 0.243 e. The summed E-state index contributed by atoms with van der Waals surface area (Å²) in [5, 5.41) is 2.64. The van der Waals surface area contributed by atoms with Crippen LogP contribution in [0.15, 0.2) is 29.2 Å². The Morgan fingerprint density at radius 2 is 1.71 bits per heavy atom. The molecule has 0 saturated carbocycles. The van der Waals surface area contributed by atoms with E-state index in [1.165, 1.54) is 6.92 Å². The summed E-state index contributed by atoms with van der Waals surface area (Å²) in [6, 6.07) is 6.33. The number of rotatable bonds is 6. The molecule has 0 atom stereocenters. The highest BCUT2D eigenvalue weighted by molar-refractivity contribution is 7.89. The molecule has 134 valence electrons. The first-order chi connectivity index (χ1) is 11.3. The van der Waals surface area contributed by atoms with Crippen molar-refractivity contribution < 1.29 is 13.2 Å². The minimum Gasteiger partial charge on any atom is -0.326 e. The first-order valence-corrected chi connectivity index (χ1v) is 9.83. The fourth-order valence-corrected chi connectivity index (χ4v) is 4.12. The van der Waals surface area contributed by atoms with E-state index < -0.39 is 10.0 Å². The Hall–Kier alpha value is -1.44. The van der Waals surface area contributed by atoms with Crippen LogP contribution in [0.1, 0.15) is 27.2 Å². The number of benzene rings is 1. The van der Waals surface area contributed by atoms with Crippen LogP contribution in [-0.2, 0) is 14.8 Å². The van der Waals surface area contributed by atoms with Crippen molar-refractivity contribution in [3.63, 3.8) is 0 Å². The average molecular weight is 353 g/mol. The number of hydrogen-bond acceptors (Lipinski definition) is 4. The summed E-state index contributed by atoms with van der Waals surface area (Å²) in [6.45, 7) is 9.44. The van der Waals surface area contributed by atoms with Crippen molar-refractivity contribution in [2.24, 2.45) is 5.92 Å². The fraction of sp³-hybridized carbons (Fsp3) is 0.588. The van der Waals surface area contributed by atoms with Crippen LogP contribution in [0.4, 0.5) is 5.69 Å². The Labute approximate surface area is 144 Å². The van der Waals surface area contributed by atoms with Crippen molar-refractivity contribution in [2.45, 2.75) is 32.1 Å². The lowest BCUT2D eigenvalue weighted by Gasteiger charge is -2.34. The molecule has 24 heavy (non-hydrogen) atoms. The van der Waals surface area contributed by atoms with Gasteiger partial charge >= 0.3 is 0 Å². The maximum atomic E-state index is 12.7. The SMILES string of the molecule is CC(=O)Nc1ccc(S(=O)(=O)N2CCN(CCC(C)C)CC2)cc1. The smallest absolute Gasteiger partial charge is 0.243 e. The number of anilines is 1. The van der Waals surface area contributed by atoms with E-state index in [-0.39, 0.29) is 10.8 Å². The molecule has 0 radical (unpaired) electrons. The van der Waals surface area contributed by atoms with Crippen LogP contribution >= 0.6 is 0 Å². The summed E-state index contributed by atoms with van der Waals surface area (Å²) in [7, 11) is -3.47. The Morgan fingerprint density at radius 1 is 1.12 bits per heavy atom. The summed E-state index contributed by atoms with van der Waals surface area (Å²) in [5.41, 5.74) is 0.597. The summed E-state index contributed by atoms with van der Waals surface area (Å²) in [6.07, 6.45) is 1.14. The van der Waals surface area contributed by atoms with Gasteiger partial charge in [0.1, 0.15) is 0 Å². The molecule has 1 N–H and O–H groups in total. The van der Waals surface area contributed by atoms with Gasteiger partial charge < -0.3 is 10.2 Å². The Bertz CT molecular complexity index is 648. The lowest BCUT2D eigenvalue weighted by atomic mass is 10.1. The molecule has 0 bridgehead atoms. The van der Waals surface area contributed by atoms with Gasteiger partial charge in [-0.3, -0.25) is 4.79 Å². The molecule has 2 rings (SSSR count). The van der Waals surface area contributed by atoms with Crippen molar-refractivity contribution >= 4 is 21.6 Å². The summed E-state index contributed by atoms with van der Waals surface area (Å²) >= 11 is 0. The van der Waals surface area contributed by atoms with E-state index in [1.807, 2.05) is 0 Å². The van der Waals surface area contributed by atoms with Gasteiger partial charge in [-0.25, -0.2) is 8.42 Å². The molecule has 1 aliphatic heterocycles. The van der Waals surface area contributed by atoms with E-state index >= 15 is 0 Å². The molecule has 0 unspecified atom stereocenters. The third kappa shape index (κ3) is 5.03. The quantitative estimate of drug-likeness (QED) is 0.849. The predicted molar refractivity (Wildman–Crippen MR) is 95.4 cm³/mol. The van der Waals surface area contributed by atoms with Gasteiger partial charge in [0, 0.05) is 38.8 Å². The number of amides is 1. The van der Waals surface area contributed by atoms with Crippen molar-refractivity contribution in [3.8, 4) is 0 Å². The van der Waals surface area contributed by atoms with E-state index in [0.717, 1.165) is 26.1 Å². The molecule has 1 amide bonds. The highest BCUT2D eigenvalue weighted by Gasteiger charge is 2.28. The highest BCUT2D eigenvalue weighted by atomic mass is 32.2. The second-order valence-corrected chi connectivity index (χ2v) is 8.57. The lowest BCUT2D eigenvalue weighted by molar-refractivity contribution is -0.114. The second-order valence-electron chi connectivity index (χ2n) is 6.63. The van der Waals surface area contributed by atoms with Crippen LogP contribution in [0.5, 0.6) is 0 Å². The molecule has 1 fully saturated rings. The van der Waals surface area contributed by atoms with Gasteiger partial charge in [-0.1, -0.05) is 13.8 Å². The molecule has 1 saturated heterocycles. The van der Waals surface area contributed by atoms with Crippen LogP contribution in [0.2, 0.25) is 0 Å². The number of hydrogen-bond donors (Lipinski definition) is 1. The molecule has 1 aromatic rings. The monoisotopic (exact) mass is 353 g/mol. The van der Waals surface area contributed by atoms with Gasteiger partial charge in [0.25, 0.3) is 0 Å². The lowest BCUT2D eigenvalue weighted by Crippen LogP contribution is -2.48. The van der Waals surface area contributed by atoms with Crippen LogP contribution in [0.25, 0.3) is 0 Å². The predicted octanol–water partition coefficient (Wildman–Crippen LogP) is 2.00. The number of carbonyl (C=O) groups excluding carboxylic acids is 1. The minimum atomic E-state index is -3.47. The largest absolute Gasteiger partial charge is 0.326 e. The zero-order chi connectivity index (χ0) is 17.7. The van der Waals surface area contributed by atoms with Gasteiger partial charge in [0.05, 0.1) is 4.90 Å². The number of piperazine rings is 1. The summed E-state index contributed by atoms with van der Waals surface area (Å²) in [5.74, 6) is 0.483. The fourth-order valence-electron chi connectivity index (χ4n) is 2.70. The Kier molecular flexibility index (Phi) is 6.37. The molecule has 1 heterocycles. The third-order valence-corrected chi connectivity index (χ3v) is 6.08. The molecule has 7 heteroatoms. The maximum absolute atomic E-state index is 12.7. The van der Waals surface area contributed by atoms with Gasteiger partial charge in [-0.2, -0.15) is 4.31 Å². The van der Waals surface area contributed by atoms with Crippen LogP contribution in [0, 0.1) is 5.92 Å². The van der Waals surface area contributed by atoms with Crippen molar-refractivity contribution in [3.05, 3.63) is 24.3 Å². The number of nitrogens with one attached hydrogen (secondary N) is 1. The third-order valence-electron chi connectivity index (χ3n) is 4.17. The number of nitrogens with zero attached hydrogens (tertiary/aromatic N) is 2. The standard InChI is InChI=1S/C17H27N3O3S/c1-14(2)8-9-19-10-12-20(13-11-19)24(22,23)17-6-4-16(5-7-17)18-15(3)21/h4-7,14H,8-13H2,1-3H3,(H,18,21). The first kappa shape index (κ1) is 18.9. The molecule has 0 aliphatic carbocycles.